The molecule has 2 aliphatic heterocycles. The second kappa shape index (κ2) is 47.3. The highest BCUT2D eigenvalue weighted by Gasteiger charge is 2.62. The average molecular weight is 1590 g/mol. The van der Waals surface area contributed by atoms with Crippen molar-refractivity contribution in [2.24, 2.45) is 79.3 Å². The van der Waals surface area contributed by atoms with Crippen LogP contribution in [0.1, 0.15) is 379 Å². The van der Waals surface area contributed by atoms with Crippen LogP contribution in [0.4, 0.5) is 13.2 Å². The molecule has 0 spiro atoms. The summed E-state index contributed by atoms with van der Waals surface area (Å²) in [5.41, 5.74) is -0.359. The van der Waals surface area contributed by atoms with Gasteiger partial charge in [0.15, 0.2) is 5.60 Å². The normalized spacial score (nSPS) is 19.6. The minimum atomic E-state index is -4.51. The molecule has 110 heavy (non-hydrogen) atoms. The fourth-order valence-electron chi connectivity index (χ4n) is 15.5. The van der Waals surface area contributed by atoms with Crippen LogP contribution in [0.5, 0.6) is 0 Å². The molecule has 0 bridgehead atoms. The Kier molecular flexibility index (Phi) is 48.9. The van der Waals surface area contributed by atoms with Crippen molar-refractivity contribution in [1.82, 2.24) is 29.3 Å². The molecule has 8 unspecified atom stereocenters. The van der Waals surface area contributed by atoms with Gasteiger partial charge in [-0.15, -0.1) is 0 Å². The van der Waals surface area contributed by atoms with Gasteiger partial charge in [-0.05, 0) is 198 Å². The van der Waals surface area contributed by atoms with E-state index in [9.17, 15) is 41.4 Å². The SMILES string of the molecule is C.C.C.CCC(C(=O)NC(C)(C)C)C(C)(C)C.CCC(CC(C)(C)O)C(C)(C)C.CCC(CC(O)(C1CC1)C(F)(F)F)C(C)(C)C.CCC(CN(C(C)=O)C1CC1)C(C)(C)C.CCC(CN1CCN(S(=O)(=O)C2CC2)CC1)C(C)(C)C.CCC(CN1CCOC(C)(C)C1)C(C)(C)C.CCC(c1ccccn1)C(C)(C)C. The standard InChI is InChI=1S/C15H30N2O2S.C14H29NO.C13H23F3O.C13H25NO.C12H25NO.C12H19N.C11H24O.3CH4/c1-5-13(15(2,3)4)12-16-8-10-17(11-9-16)20(18,19)14-6-7-14;1-7-12(13(2,3)4)10-15-8-9-16-14(5,6)11-15;1-5-9(11(2,3)4)8-12(17,10-6-7-10)13(14,15)16;1-6-11(13(3,4)5)9-14(10(2)15)12-7-8-12;1-8-9(11(2,3)4)10(14)13-12(5,6)7;1-5-10(12(2,3)4)11-8-6-7-9-13-11;1-7-9(10(2,3)4)8-11(5,6)12;;;/h13-14H,5-12H2,1-4H3;12H,7-11H2,1-6H3;9-10,17H,5-8H2,1-4H3;11-12H,6-9H2,1-5H3;9H,8H2,1-7H3,(H,13,14);6-10H,5H2,1-4H3;9,12H,7-8H2,1-6H3;3*1H4. The molecule has 1 aromatic rings. The van der Waals surface area contributed by atoms with Crippen molar-refractivity contribution in [3.63, 3.8) is 0 Å². The molecule has 3 heterocycles. The molecule has 3 saturated carbocycles. The molecule has 0 radical (unpaired) electrons. The van der Waals surface area contributed by atoms with Gasteiger partial charge < -0.3 is 30.1 Å². The van der Waals surface area contributed by atoms with Crippen LogP contribution in [0.15, 0.2) is 24.4 Å². The first kappa shape index (κ1) is 114. The third-order valence-electron chi connectivity index (χ3n) is 23.3. The number of carbonyl (C=O) groups is 2. The lowest BCUT2D eigenvalue weighted by Crippen LogP contribution is -2.51. The molecule has 17 heteroatoms. The Morgan fingerprint density at radius 1 is 0.555 bits per heavy atom. The van der Waals surface area contributed by atoms with E-state index < -0.39 is 33.3 Å². The average Bonchev–Trinajstić information content (AvgIpc) is 1.59. The summed E-state index contributed by atoms with van der Waals surface area (Å²) in [7, 11) is -2.97. The number of piperazine rings is 1. The molecule has 1 aromatic heterocycles. The van der Waals surface area contributed by atoms with Gasteiger partial charge in [-0.3, -0.25) is 19.5 Å². The number of morpholine rings is 1. The van der Waals surface area contributed by atoms with Crippen LogP contribution >= 0.6 is 0 Å². The first-order valence-corrected chi connectivity index (χ1v) is 43.8. The molecule has 2 saturated heterocycles. The lowest BCUT2D eigenvalue weighted by molar-refractivity contribution is -0.276. The van der Waals surface area contributed by atoms with Gasteiger partial charge in [0.2, 0.25) is 21.8 Å². The highest BCUT2D eigenvalue weighted by Crippen LogP contribution is 2.53. The van der Waals surface area contributed by atoms with Gasteiger partial charge in [-0.2, -0.15) is 17.5 Å². The van der Waals surface area contributed by atoms with Crippen LogP contribution in [0.3, 0.4) is 0 Å². The molecular weight excluding hydrogens is 1400 g/mol. The topological polar surface area (TPSA) is 156 Å². The predicted octanol–water partition coefficient (Wildman–Crippen LogP) is 24.3. The number of hydrogen-bond acceptors (Lipinski definition) is 10. The number of sulfonamides is 1. The number of nitrogens with one attached hydrogen (secondary N) is 1. The van der Waals surface area contributed by atoms with Gasteiger partial charge in [0.05, 0.1) is 23.1 Å². The minimum Gasteiger partial charge on any atom is -0.390 e. The number of pyridine rings is 1. The van der Waals surface area contributed by atoms with Crippen molar-refractivity contribution in [2.75, 3.05) is 65.5 Å². The summed E-state index contributed by atoms with van der Waals surface area (Å²) in [4.78, 5) is 35.0. The maximum Gasteiger partial charge on any atom is 0.417 e. The van der Waals surface area contributed by atoms with Crippen molar-refractivity contribution in [2.45, 2.75) is 414 Å². The number of rotatable bonds is 23. The summed E-state index contributed by atoms with van der Waals surface area (Å²) in [6.45, 7) is 87.0. The van der Waals surface area contributed by atoms with E-state index in [1.807, 2.05) is 74.6 Å². The van der Waals surface area contributed by atoms with Crippen LogP contribution in [0.25, 0.3) is 0 Å². The largest absolute Gasteiger partial charge is 0.417 e. The Bertz CT molecular complexity index is 2730. The monoisotopic (exact) mass is 1590 g/mol. The second-order valence-corrected chi connectivity index (χ2v) is 44.8. The quantitative estimate of drug-likeness (QED) is 0.0964. The number of amides is 2. The van der Waals surface area contributed by atoms with Gasteiger partial charge in [0, 0.05) is 101 Å². The molecule has 3 N–H and O–H groups in total. The van der Waals surface area contributed by atoms with Crippen molar-refractivity contribution in [3.8, 4) is 0 Å². The zero-order valence-electron chi connectivity index (χ0n) is 76.5. The number of ether oxygens (including phenoxy) is 1. The highest BCUT2D eigenvalue weighted by atomic mass is 32.2. The number of alkyl halides is 3. The summed E-state index contributed by atoms with van der Waals surface area (Å²) < 4.78 is 71.0. The van der Waals surface area contributed by atoms with Crippen LogP contribution in [0.2, 0.25) is 0 Å². The highest BCUT2D eigenvalue weighted by molar-refractivity contribution is 7.90. The van der Waals surface area contributed by atoms with Crippen LogP contribution in [0, 0.1) is 79.3 Å². The van der Waals surface area contributed by atoms with Crippen molar-refractivity contribution in [3.05, 3.63) is 30.1 Å². The van der Waals surface area contributed by atoms with Gasteiger partial charge in [-0.25, -0.2) is 8.42 Å². The first-order valence-electron chi connectivity index (χ1n) is 42.3. The maximum atomic E-state index is 13.0. The van der Waals surface area contributed by atoms with E-state index in [0.717, 1.165) is 96.7 Å². The Hall–Kier alpha value is -2.41. The summed E-state index contributed by atoms with van der Waals surface area (Å²) in [6.07, 6.45) is 10.7. The number of aliphatic hydroxyl groups is 2. The van der Waals surface area contributed by atoms with E-state index in [0.29, 0.717) is 89.1 Å². The van der Waals surface area contributed by atoms with E-state index in [1.54, 1.807) is 11.2 Å². The fourth-order valence-corrected chi connectivity index (χ4v) is 17.3. The third kappa shape index (κ3) is 43.7. The molecule has 3 aliphatic carbocycles. The predicted molar refractivity (Wildman–Crippen MR) is 470 cm³/mol. The Morgan fingerprint density at radius 3 is 1.25 bits per heavy atom. The molecule has 5 fully saturated rings. The second-order valence-electron chi connectivity index (χ2n) is 42.6. The summed E-state index contributed by atoms with van der Waals surface area (Å²) in [5, 5.41) is 22.7. The van der Waals surface area contributed by atoms with Gasteiger partial charge >= 0.3 is 6.18 Å². The molecule has 658 valence electrons. The smallest absolute Gasteiger partial charge is 0.390 e. The van der Waals surface area contributed by atoms with E-state index in [-0.39, 0.29) is 79.6 Å². The summed E-state index contributed by atoms with van der Waals surface area (Å²) >= 11 is 0. The van der Waals surface area contributed by atoms with Crippen molar-refractivity contribution < 1.29 is 46.1 Å². The zero-order valence-corrected chi connectivity index (χ0v) is 77.3. The van der Waals surface area contributed by atoms with E-state index in [2.05, 4.69) is 217 Å². The first-order chi connectivity index (χ1) is 48.2. The van der Waals surface area contributed by atoms with Gasteiger partial charge in [0.25, 0.3) is 0 Å². The van der Waals surface area contributed by atoms with E-state index in [1.165, 1.54) is 37.9 Å². The minimum absolute atomic E-state index is 0. The number of hydrogen-bond donors (Lipinski definition) is 3. The van der Waals surface area contributed by atoms with E-state index >= 15 is 0 Å². The van der Waals surface area contributed by atoms with Gasteiger partial charge in [0.1, 0.15) is 0 Å². The lowest BCUT2D eigenvalue weighted by atomic mass is 9.72. The molecular formula is C93H187F3N6O7S. The van der Waals surface area contributed by atoms with Crippen molar-refractivity contribution in [1.29, 1.82) is 0 Å². The maximum absolute atomic E-state index is 13.0. The fraction of sp³-hybridized carbons (Fsp3) is 0.925. The number of aromatic nitrogens is 1. The Morgan fingerprint density at radius 2 is 0.973 bits per heavy atom. The van der Waals surface area contributed by atoms with E-state index in [4.69, 9.17) is 4.74 Å². The van der Waals surface area contributed by atoms with Gasteiger partial charge in [-0.1, -0.05) is 254 Å². The third-order valence-corrected chi connectivity index (χ3v) is 25.7. The molecule has 5 aliphatic rings. The van der Waals surface area contributed by atoms with Crippen LogP contribution < -0.4 is 5.32 Å². The number of carbonyl (C=O) groups excluding carboxylic acids is 2. The molecule has 8 atom stereocenters. The van der Waals surface area contributed by atoms with Crippen molar-refractivity contribution >= 4 is 21.8 Å². The molecule has 0 aromatic carbocycles. The number of nitrogens with zero attached hydrogens (tertiary/aromatic N) is 5. The number of halogens is 3. The summed E-state index contributed by atoms with van der Waals surface area (Å²) in [6, 6.07) is 6.72. The summed E-state index contributed by atoms with van der Waals surface area (Å²) in [5.74, 6) is 3.06. The Labute approximate surface area is 682 Å². The zero-order chi connectivity index (χ0) is 83.9. The Balaban J connectivity index is -0.000000597. The molecule has 2 amide bonds. The van der Waals surface area contributed by atoms with Crippen LogP contribution in [-0.2, 0) is 24.3 Å². The van der Waals surface area contributed by atoms with Crippen LogP contribution in [-0.4, -0.2) is 160 Å². The molecule has 6 rings (SSSR count). The molecule has 13 nitrogen and oxygen atoms in total. The lowest BCUT2D eigenvalue weighted by Gasteiger charge is -2.42.